The first-order chi connectivity index (χ1) is 10.2. The normalized spacial score (nSPS) is 10.4. The van der Waals surface area contributed by atoms with Crippen LogP contribution < -0.4 is 0 Å². The van der Waals surface area contributed by atoms with Crippen molar-refractivity contribution in [1.82, 2.24) is 0 Å². The molecule has 0 aliphatic heterocycles. The van der Waals surface area contributed by atoms with E-state index in [1.165, 1.54) is 31.8 Å². The molecule has 0 aliphatic rings. The van der Waals surface area contributed by atoms with E-state index in [4.69, 9.17) is 0 Å². The minimum absolute atomic E-state index is 0.311. The molecule has 1 aromatic rings. The van der Waals surface area contributed by atoms with Gasteiger partial charge in [0.05, 0.1) is 5.69 Å². The summed E-state index contributed by atoms with van der Waals surface area (Å²) in [5, 5.41) is 0. The van der Waals surface area contributed by atoms with Gasteiger partial charge in [-0.3, -0.25) is 4.57 Å². The van der Waals surface area contributed by atoms with Gasteiger partial charge in [0, 0.05) is 6.16 Å². The number of aliphatic imine (C=N–C) groups is 1. The highest BCUT2D eigenvalue weighted by Crippen LogP contribution is 2.35. The van der Waals surface area contributed by atoms with Crippen molar-refractivity contribution in [3.05, 3.63) is 30.3 Å². The predicted octanol–water partition coefficient (Wildman–Crippen LogP) is 5.93. The first-order valence-corrected chi connectivity index (χ1v) is 8.59. The zero-order valence-electron chi connectivity index (χ0n) is 13.3. The van der Waals surface area contributed by atoms with Gasteiger partial charge < -0.3 is 0 Å². The Morgan fingerprint density at radius 1 is 1.10 bits per heavy atom. The van der Waals surface area contributed by atoms with Gasteiger partial charge in [-0.05, 0) is 30.4 Å². The maximum Gasteiger partial charge on any atom is 0.240 e. The topological polar surface area (TPSA) is 46.5 Å². The van der Waals surface area contributed by atoms with E-state index in [-0.39, 0.29) is 0 Å². The highest BCUT2D eigenvalue weighted by molar-refractivity contribution is 7.23. The van der Waals surface area contributed by atoms with Gasteiger partial charge in [-0.25, -0.2) is 4.79 Å². The Bertz CT molecular complexity index is 415. The Labute approximate surface area is 130 Å². The summed E-state index contributed by atoms with van der Waals surface area (Å²) < 4.78 is 10.3. The summed E-state index contributed by atoms with van der Waals surface area (Å²) in [6.07, 6.45) is 8.43. The van der Waals surface area contributed by atoms with Crippen molar-refractivity contribution in [2.45, 2.75) is 52.9 Å². The van der Waals surface area contributed by atoms with Gasteiger partial charge in [0.1, 0.15) is 0 Å². The summed E-state index contributed by atoms with van der Waals surface area (Å²) in [5.41, 5.74) is 1.18. The van der Waals surface area contributed by atoms with Crippen molar-refractivity contribution in [2.24, 2.45) is 10.4 Å². The zero-order valence-corrected chi connectivity index (χ0v) is 14.2. The molecule has 1 rings (SSSR count). The van der Waals surface area contributed by atoms with Crippen LogP contribution in [0.25, 0.3) is 0 Å². The Hall–Kier alpha value is -1.30. The summed E-state index contributed by atoms with van der Waals surface area (Å²) >= 11 is 0. The SMILES string of the molecule is CCC(CC)(CC)CCCP=O.O=C=Nc1ccccc1. The van der Waals surface area contributed by atoms with Gasteiger partial charge >= 0.3 is 0 Å². The quantitative estimate of drug-likeness (QED) is 0.259. The molecule has 3 nitrogen and oxygen atoms in total. The number of isocyanates is 1. The molecule has 0 aliphatic carbocycles. The molecule has 0 spiro atoms. The fourth-order valence-electron chi connectivity index (χ4n) is 2.35. The minimum Gasteiger partial charge on any atom is -0.275 e. The lowest BCUT2D eigenvalue weighted by Gasteiger charge is -2.30. The number of benzene rings is 1. The molecule has 0 heterocycles. The molecule has 0 atom stereocenters. The predicted molar refractivity (Wildman–Crippen MR) is 89.2 cm³/mol. The number of nitrogens with zero attached hydrogens (tertiary/aromatic N) is 1. The molecular weight excluding hydrogens is 281 g/mol. The first-order valence-electron chi connectivity index (χ1n) is 7.60. The standard InChI is InChI=1S/C10H21OP.C7H5NO/c1-4-10(5-2,6-3)8-7-9-12-11;9-6-8-7-4-2-1-3-5-7/h4-9H2,1-3H3;1-5H. The monoisotopic (exact) mass is 307 g/mol. The van der Waals surface area contributed by atoms with Crippen LogP contribution in [0.15, 0.2) is 35.3 Å². The fraction of sp³-hybridized carbons (Fsp3) is 0.588. The molecule has 0 fully saturated rings. The Balaban J connectivity index is 0.000000394. The van der Waals surface area contributed by atoms with E-state index in [1.807, 2.05) is 18.2 Å². The Kier molecular flexibility index (Phi) is 11.7. The van der Waals surface area contributed by atoms with E-state index < -0.39 is 0 Å². The molecular formula is C17H26NO2P. The molecule has 116 valence electrons. The van der Waals surface area contributed by atoms with Gasteiger partial charge in [0.2, 0.25) is 6.08 Å². The van der Waals surface area contributed by atoms with E-state index >= 15 is 0 Å². The van der Waals surface area contributed by atoms with Crippen LogP contribution in [-0.4, -0.2) is 12.2 Å². The molecule has 0 saturated heterocycles. The van der Waals surface area contributed by atoms with Gasteiger partial charge in [-0.15, -0.1) is 0 Å². The van der Waals surface area contributed by atoms with E-state index in [0.717, 1.165) is 12.6 Å². The summed E-state index contributed by atoms with van der Waals surface area (Å²) in [6, 6.07) is 8.98. The van der Waals surface area contributed by atoms with Gasteiger partial charge in [0.25, 0.3) is 0 Å². The van der Waals surface area contributed by atoms with Crippen molar-refractivity contribution in [2.75, 3.05) is 6.16 Å². The number of hydrogen-bond donors (Lipinski definition) is 0. The molecule has 0 N–H and O–H groups in total. The second-order valence-electron chi connectivity index (χ2n) is 5.06. The van der Waals surface area contributed by atoms with Crippen molar-refractivity contribution in [3.8, 4) is 0 Å². The maximum absolute atomic E-state index is 10.3. The van der Waals surface area contributed by atoms with Crippen molar-refractivity contribution >= 4 is 20.2 Å². The lowest BCUT2D eigenvalue weighted by molar-refractivity contribution is 0.227. The van der Waals surface area contributed by atoms with Gasteiger partial charge in [0.15, 0.2) is 8.46 Å². The molecule has 0 radical (unpaired) electrons. The Morgan fingerprint density at radius 2 is 1.67 bits per heavy atom. The first kappa shape index (κ1) is 19.7. The molecule has 0 amide bonds. The lowest BCUT2D eigenvalue weighted by Crippen LogP contribution is -2.17. The Morgan fingerprint density at radius 3 is 2.10 bits per heavy atom. The summed E-state index contributed by atoms with van der Waals surface area (Å²) in [4.78, 5) is 13.1. The number of para-hydroxylation sites is 1. The maximum atomic E-state index is 10.3. The molecule has 1 aromatic carbocycles. The smallest absolute Gasteiger partial charge is 0.240 e. The van der Waals surface area contributed by atoms with Crippen molar-refractivity contribution in [3.63, 3.8) is 0 Å². The summed E-state index contributed by atoms with van der Waals surface area (Å²) in [5.74, 6) is 0. The summed E-state index contributed by atoms with van der Waals surface area (Å²) in [7, 11) is 0.311. The number of rotatable bonds is 8. The third-order valence-electron chi connectivity index (χ3n) is 4.14. The lowest BCUT2D eigenvalue weighted by atomic mass is 9.76. The zero-order chi connectivity index (χ0) is 16.0. The van der Waals surface area contributed by atoms with E-state index in [9.17, 15) is 9.36 Å². The highest BCUT2D eigenvalue weighted by Gasteiger charge is 2.22. The number of hydrogen-bond acceptors (Lipinski definition) is 3. The van der Waals surface area contributed by atoms with Crippen LogP contribution in [0.3, 0.4) is 0 Å². The second kappa shape index (κ2) is 12.4. The van der Waals surface area contributed by atoms with Crippen LogP contribution in [-0.2, 0) is 9.36 Å². The van der Waals surface area contributed by atoms with Crippen LogP contribution in [0.4, 0.5) is 5.69 Å². The van der Waals surface area contributed by atoms with Crippen molar-refractivity contribution < 1.29 is 9.36 Å². The van der Waals surface area contributed by atoms with Crippen LogP contribution in [0.2, 0.25) is 0 Å². The highest BCUT2D eigenvalue weighted by atomic mass is 31.1. The van der Waals surface area contributed by atoms with E-state index in [1.54, 1.807) is 12.1 Å². The van der Waals surface area contributed by atoms with Gasteiger partial charge in [-0.2, -0.15) is 4.99 Å². The third-order valence-corrected chi connectivity index (χ3v) is 4.64. The van der Waals surface area contributed by atoms with Crippen LogP contribution in [0.5, 0.6) is 0 Å². The van der Waals surface area contributed by atoms with E-state index in [0.29, 0.717) is 19.6 Å². The molecule has 0 aromatic heterocycles. The third kappa shape index (κ3) is 8.55. The molecule has 21 heavy (non-hydrogen) atoms. The van der Waals surface area contributed by atoms with Crippen LogP contribution in [0, 0.1) is 5.41 Å². The van der Waals surface area contributed by atoms with Crippen LogP contribution >= 0.6 is 8.46 Å². The molecule has 4 heteroatoms. The minimum atomic E-state index is 0.311. The number of carbonyl (C=O) groups excluding carboxylic acids is 1. The molecule has 0 unspecified atom stereocenters. The molecule has 0 bridgehead atoms. The average Bonchev–Trinajstić information content (AvgIpc) is 2.54. The van der Waals surface area contributed by atoms with Crippen molar-refractivity contribution in [1.29, 1.82) is 0 Å². The molecule has 0 saturated carbocycles. The summed E-state index contributed by atoms with van der Waals surface area (Å²) in [6.45, 7) is 6.80. The van der Waals surface area contributed by atoms with E-state index in [2.05, 4.69) is 25.8 Å². The fourth-order valence-corrected chi connectivity index (χ4v) is 2.64. The largest absolute Gasteiger partial charge is 0.275 e. The van der Waals surface area contributed by atoms with Crippen LogP contribution in [0.1, 0.15) is 52.9 Å². The van der Waals surface area contributed by atoms with Gasteiger partial charge in [-0.1, -0.05) is 58.2 Å². The average molecular weight is 307 g/mol. The second-order valence-corrected chi connectivity index (χ2v) is 5.76.